The summed E-state index contributed by atoms with van der Waals surface area (Å²) >= 11 is 1.59. The Balaban J connectivity index is 1.46. The van der Waals surface area contributed by atoms with Crippen LogP contribution in [0.25, 0.3) is 0 Å². The van der Waals surface area contributed by atoms with E-state index in [9.17, 15) is 14.4 Å². The molecule has 2 N–H and O–H groups in total. The number of thiazole rings is 1. The van der Waals surface area contributed by atoms with E-state index in [1.54, 1.807) is 30.1 Å². The van der Waals surface area contributed by atoms with Crippen molar-refractivity contribution in [1.29, 1.82) is 0 Å². The summed E-state index contributed by atoms with van der Waals surface area (Å²) in [5, 5.41) is 6.36. The molecule has 1 aliphatic heterocycles. The number of nitrogens with one attached hydrogen (secondary N) is 2. The minimum atomic E-state index is -0.838. The van der Waals surface area contributed by atoms with Crippen LogP contribution >= 0.6 is 11.3 Å². The smallest absolute Gasteiger partial charge is 0.245 e. The Labute approximate surface area is 170 Å². The van der Waals surface area contributed by atoms with Gasteiger partial charge in [-0.3, -0.25) is 14.4 Å². The van der Waals surface area contributed by atoms with E-state index in [0.717, 1.165) is 25.0 Å². The highest BCUT2D eigenvalue weighted by molar-refractivity contribution is 7.15. The van der Waals surface area contributed by atoms with E-state index >= 15 is 0 Å². The van der Waals surface area contributed by atoms with Gasteiger partial charge in [0.2, 0.25) is 17.7 Å². The quantitative estimate of drug-likeness (QED) is 0.786. The Morgan fingerprint density at radius 1 is 1.18 bits per heavy atom. The average Bonchev–Trinajstić information content (AvgIpc) is 2.97. The molecule has 0 atom stereocenters. The molecule has 8 heteroatoms. The molecule has 0 unspecified atom stereocenters. The van der Waals surface area contributed by atoms with Crippen LogP contribution in [-0.2, 0) is 27.2 Å². The lowest BCUT2D eigenvalue weighted by molar-refractivity contribution is -0.149. The number of fused-ring (bicyclic) bond motifs is 1. The average molecular weight is 407 g/mol. The summed E-state index contributed by atoms with van der Waals surface area (Å²) in [6, 6.07) is 0. The molecule has 1 aliphatic carbocycles. The van der Waals surface area contributed by atoms with Gasteiger partial charge in [-0.2, -0.15) is 0 Å². The Bertz CT molecular complexity index is 718. The normalized spacial score (nSPS) is 19.2. The van der Waals surface area contributed by atoms with Gasteiger partial charge in [-0.25, -0.2) is 4.98 Å². The third-order valence-corrected chi connectivity index (χ3v) is 6.61. The predicted octanol–water partition coefficient (Wildman–Crippen LogP) is 2.65. The number of anilines is 1. The molecule has 154 valence electrons. The van der Waals surface area contributed by atoms with Gasteiger partial charge >= 0.3 is 0 Å². The van der Waals surface area contributed by atoms with Crippen LogP contribution in [0.2, 0.25) is 0 Å². The number of hydrogen-bond acceptors (Lipinski definition) is 5. The highest BCUT2D eigenvalue weighted by Gasteiger charge is 2.39. The number of carbonyl (C=O) groups is 3. The van der Waals surface area contributed by atoms with E-state index < -0.39 is 5.54 Å². The molecule has 1 aromatic heterocycles. The lowest BCUT2D eigenvalue weighted by atomic mass is 9.98. The molecular formula is C20H30N4O3S. The molecule has 1 aromatic rings. The fraction of sp³-hybridized carbons (Fsp3) is 0.700. The van der Waals surface area contributed by atoms with Crippen LogP contribution in [-0.4, -0.2) is 46.2 Å². The number of hydrogen-bond donors (Lipinski definition) is 2. The first kappa shape index (κ1) is 20.8. The number of aromatic nitrogens is 1. The molecule has 2 aliphatic rings. The van der Waals surface area contributed by atoms with Crippen molar-refractivity contribution >= 4 is 34.2 Å². The molecule has 28 heavy (non-hydrogen) atoms. The molecule has 0 saturated carbocycles. The first-order valence-corrected chi connectivity index (χ1v) is 11.1. The van der Waals surface area contributed by atoms with E-state index in [1.165, 1.54) is 24.1 Å². The van der Waals surface area contributed by atoms with Crippen molar-refractivity contribution in [2.45, 2.75) is 77.2 Å². The zero-order valence-corrected chi connectivity index (χ0v) is 17.6. The van der Waals surface area contributed by atoms with Gasteiger partial charge in [0.1, 0.15) is 5.54 Å². The van der Waals surface area contributed by atoms with Crippen molar-refractivity contribution < 1.29 is 14.4 Å². The zero-order valence-electron chi connectivity index (χ0n) is 16.8. The van der Waals surface area contributed by atoms with Gasteiger partial charge in [0, 0.05) is 30.8 Å². The van der Waals surface area contributed by atoms with Gasteiger partial charge in [0.05, 0.1) is 5.69 Å². The first-order valence-electron chi connectivity index (χ1n) is 10.2. The third kappa shape index (κ3) is 4.90. The molecule has 2 heterocycles. The van der Waals surface area contributed by atoms with Crippen LogP contribution in [0, 0.1) is 0 Å². The number of rotatable bonds is 5. The summed E-state index contributed by atoms with van der Waals surface area (Å²) in [5.41, 5.74) is 0.301. The molecule has 1 fully saturated rings. The minimum absolute atomic E-state index is 0.0788. The van der Waals surface area contributed by atoms with Crippen molar-refractivity contribution in [3.8, 4) is 0 Å². The van der Waals surface area contributed by atoms with E-state index in [1.807, 2.05) is 0 Å². The molecule has 0 radical (unpaired) electrons. The highest BCUT2D eigenvalue weighted by atomic mass is 32.1. The molecule has 3 rings (SSSR count). The Kier molecular flexibility index (Phi) is 6.69. The van der Waals surface area contributed by atoms with Crippen molar-refractivity contribution in [3.05, 3.63) is 10.6 Å². The summed E-state index contributed by atoms with van der Waals surface area (Å²) in [6.45, 7) is 4.49. The van der Waals surface area contributed by atoms with E-state index in [4.69, 9.17) is 0 Å². The highest BCUT2D eigenvalue weighted by Crippen LogP contribution is 2.28. The molecule has 1 saturated heterocycles. The van der Waals surface area contributed by atoms with E-state index in [2.05, 4.69) is 15.6 Å². The number of piperazine rings is 1. The molecule has 3 amide bonds. The lowest BCUT2D eigenvalue weighted by Gasteiger charge is -2.41. The van der Waals surface area contributed by atoms with Gasteiger partial charge in [-0.05, 0) is 46.0 Å². The van der Waals surface area contributed by atoms with Crippen molar-refractivity contribution in [1.82, 2.24) is 15.2 Å². The second-order valence-corrected chi connectivity index (χ2v) is 9.15. The van der Waals surface area contributed by atoms with E-state index in [-0.39, 0.29) is 30.6 Å². The molecule has 0 bridgehead atoms. The van der Waals surface area contributed by atoms with Crippen LogP contribution in [0.1, 0.15) is 69.4 Å². The van der Waals surface area contributed by atoms with Crippen LogP contribution < -0.4 is 10.6 Å². The summed E-state index contributed by atoms with van der Waals surface area (Å²) in [6.07, 6.45) is 7.92. The fourth-order valence-electron chi connectivity index (χ4n) is 3.81. The fourth-order valence-corrected chi connectivity index (χ4v) is 4.88. The van der Waals surface area contributed by atoms with Crippen molar-refractivity contribution in [2.24, 2.45) is 0 Å². The maximum Gasteiger partial charge on any atom is 0.245 e. The van der Waals surface area contributed by atoms with Gasteiger partial charge in [0.15, 0.2) is 5.13 Å². The molecular weight excluding hydrogens is 376 g/mol. The van der Waals surface area contributed by atoms with Gasteiger partial charge < -0.3 is 15.5 Å². The van der Waals surface area contributed by atoms with E-state index in [0.29, 0.717) is 24.6 Å². The largest absolute Gasteiger partial charge is 0.352 e. The first-order chi connectivity index (χ1) is 13.4. The number of aryl methyl sites for hydroxylation is 2. The standard InChI is InChI=1S/C20H30N4O3S/c1-20(2)18(27)21-12-13-24(20)17(26)11-7-10-16(25)23-19-22-14-8-5-3-4-6-9-15(14)28-19/h3-13H2,1-2H3,(H,21,27)(H,22,23,25). The SMILES string of the molecule is CC1(C)C(=O)NCCN1C(=O)CCCC(=O)Nc1nc2c(s1)CCCCCC2. The second kappa shape index (κ2) is 9.03. The predicted molar refractivity (Wildman–Crippen MR) is 109 cm³/mol. The Hall–Kier alpha value is -1.96. The van der Waals surface area contributed by atoms with Crippen LogP contribution in [0.15, 0.2) is 0 Å². The molecule has 0 aromatic carbocycles. The summed E-state index contributed by atoms with van der Waals surface area (Å²) < 4.78 is 0. The number of nitrogens with zero attached hydrogens (tertiary/aromatic N) is 2. The van der Waals surface area contributed by atoms with Crippen LogP contribution in [0.3, 0.4) is 0 Å². The van der Waals surface area contributed by atoms with Gasteiger partial charge in [0.25, 0.3) is 0 Å². The second-order valence-electron chi connectivity index (χ2n) is 8.07. The minimum Gasteiger partial charge on any atom is -0.352 e. The molecule has 0 spiro atoms. The monoisotopic (exact) mass is 406 g/mol. The number of amides is 3. The van der Waals surface area contributed by atoms with Gasteiger partial charge in [-0.15, -0.1) is 11.3 Å². The van der Waals surface area contributed by atoms with Gasteiger partial charge in [-0.1, -0.05) is 12.8 Å². The van der Waals surface area contributed by atoms with Crippen LogP contribution in [0.5, 0.6) is 0 Å². The summed E-state index contributed by atoms with van der Waals surface area (Å²) in [5.74, 6) is -0.320. The lowest BCUT2D eigenvalue weighted by Crippen LogP contribution is -2.63. The Morgan fingerprint density at radius 3 is 2.71 bits per heavy atom. The molecule has 7 nitrogen and oxygen atoms in total. The Morgan fingerprint density at radius 2 is 1.93 bits per heavy atom. The van der Waals surface area contributed by atoms with Crippen LogP contribution in [0.4, 0.5) is 5.13 Å². The third-order valence-electron chi connectivity index (χ3n) is 5.54. The maximum absolute atomic E-state index is 12.5. The summed E-state index contributed by atoms with van der Waals surface area (Å²) in [7, 11) is 0. The number of carbonyl (C=O) groups excluding carboxylic acids is 3. The summed E-state index contributed by atoms with van der Waals surface area (Å²) in [4.78, 5) is 44.3. The zero-order chi connectivity index (χ0) is 20.1. The maximum atomic E-state index is 12.5. The van der Waals surface area contributed by atoms with Crippen molar-refractivity contribution in [2.75, 3.05) is 18.4 Å². The topological polar surface area (TPSA) is 91.4 Å². The van der Waals surface area contributed by atoms with Crippen molar-refractivity contribution in [3.63, 3.8) is 0 Å².